The van der Waals surface area contributed by atoms with Crippen molar-refractivity contribution in [2.45, 2.75) is 82.3 Å². The number of aliphatic hydroxyl groups is 1. The minimum Gasteiger partial charge on any atom is -0.457 e. The van der Waals surface area contributed by atoms with E-state index in [1.54, 1.807) is 0 Å². The normalized spacial score (nSPS) is 28.0. The molecule has 0 bridgehead atoms. The standard InChI is InChI=1S/C31H44N2O2/c1-25(27-13-10-16-29(23-27)35-28-14-6-3-7-15-28)31(34)18-9-8-17-30(31)33-21-19-32(20-22-33)24-26-11-4-2-5-12-26/h3,6-7,10,13-16,23,25-26,30,34H,2,4-5,8-9,11-12,17-22,24H2,1H3. The van der Waals surface area contributed by atoms with Gasteiger partial charge in [-0.25, -0.2) is 0 Å². The highest BCUT2D eigenvalue weighted by Gasteiger charge is 2.47. The van der Waals surface area contributed by atoms with Crippen LogP contribution in [-0.4, -0.2) is 59.3 Å². The highest BCUT2D eigenvalue weighted by atomic mass is 16.5. The van der Waals surface area contributed by atoms with E-state index in [4.69, 9.17) is 4.74 Å². The lowest BCUT2D eigenvalue weighted by Crippen LogP contribution is -2.61. The van der Waals surface area contributed by atoms with Crippen LogP contribution >= 0.6 is 0 Å². The van der Waals surface area contributed by atoms with Gasteiger partial charge in [-0.2, -0.15) is 0 Å². The molecular formula is C31H44N2O2. The zero-order valence-electron chi connectivity index (χ0n) is 21.6. The first-order chi connectivity index (χ1) is 17.1. The summed E-state index contributed by atoms with van der Waals surface area (Å²) in [5.41, 5.74) is 0.471. The third-order valence-electron chi connectivity index (χ3n) is 9.06. The van der Waals surface area contributed by atoms with Gasteiger partial charge < -0.3 is 14.7 Å². The van der Waals surface area contributed by atoms with E-state index in [-0.39, 0.29) is 12.0 Å². The maximum atomic E-state index is 12.2. The number of hydrogen-bond acceptors (Lipinski definition) is 4. The van der Waals surface area contributed by atoms with Crippen molar-refractivity contribution in [1.82, 2.24) is 9.80 Å². The fourth-order valence-corrected chi connectivity index (χ4v) is 6.92. The third kappa shape index (κ3) is 5.93. The maximum absolute atomic E-state index is 12.2. The molecule has 2 aromatic rings. The van der Waals surface area contributed by atoms with Gasteiger partial charge in [-0.1, -0.05) is 69.4 Å². The van der Waals surface area contributed by atoms with Crippen LogP contribution in [0.4, 0.5) is 0 Å². The van der Waals surface area contributed by atoms with Crippen LogP contribution in [0.3, 0.4) is 0 Å². The molecule has 3 aliphatic rings. The lowest BCUT2D eigenvalue weighted by Gasteiger charge is -2.51. The summed E-state index contributed by atoms with van der Waals surface area (Å²) in [5.74, 6) is 2.66. The van der Waals surface area contributed by atoms with Gasteiger partial charge in [-0.15, -0.1) is 0 Å². The zero-order chi connectivity index (χ0) is 24.1. The lowest BCUT2D eigenvalue weighted by molar-refractivity contribution is -0.0983. The number of nitrogens with zero attached hydrogens (tertiary/aromatic N) is 2. The fourth-order valence-electron chi connectivity index (χ4n) is 6.92. The van der Waals surface area contributed by atoms with E-state index < -0.39 is 5.60 Å². The average molecular weight is 477 g/mol. The molecule has 0 aromatic heterocycles. The predicted molar refractivity (Wildman–Crippen MR) is 143 cm³/mol. The highest BCUT2D eigenvalue weighted by molar-refractivity contribution is 5.36. The molecule has 2 aromatic carbocycles. The van der Waals surface area contributed by atoms with Crippen molar-refractivity contribution in [3.63, 3.8) is 0 Å². The molecule has 3 unspecified atom stereocenters. The summed E-state index contributed by atoms with van der Waals surface area (Å²) >= 11 is 0. The molecular weight excluding hydrogens is 432 g/mol. The first-order valence-electron chi connectivity index (χ1n) is 14.1. The Labute approximate surface area is 212 Å². The molecule has 1 heterocycles. The molecule has 2 saturated carbocycles. The Hall–Kier alpha value is -1.88. The van der Waals surface area contributed by atoms with E-state index in [0.717, 1.165) is 62.9 Å². The van der Waals surface area contributed by atoms with E-state index in [2.05, 4.69) is 34.9 Å². The summed E-state index contributed by atoms with van der Waals surface area (Å²) in [6.07, 6.45) is 11.4. The van der Waals surface area contributed by atoms with Gasteiger partial charge in [0.15, 0.2) is 0 Å². The molecule has 3 fully saturated rings. The monoisotopic (exact) mass is 476 g/mol. The summed E-state index contributed by atoms with van der Waals surface area (Å²) in [5, 5.41) is 12.2. The molecule has 4 nitrogen and oxygen atoms in total. The topological polar surface area (TPSA) is 35.9 Å². The summed E-state index contributed by atoms with van der Waals surface area (Å²) < 4.78 is 6.11. The van der Waals surface area contributed by atoms with Gasteiger partial charge in [0, 0.05) is 44.7 Å². The van der Waals surface area contributed by atoms with Gasteiger partial charge in [-0.05, 0) is 61.4 Å². The first kappa shape index (κ1) is 24.8. The van der Waals surface area contributed by atoms with Crippen LogP contribution in [0.25, 0.3) is 0 Å². The number of rotatable bonds is 7. The fraction of sp³-hybridized carbons (Fsp3) is 0.613. The number of ether oxygens (including phenoxy) is 1. The highest BCUT2D eigenvalue weighted by Crippen LogP contribution is 2.43. The van der Waals surface area contributed by atoms with Gasteiger partial charge >= 0.3 is 0 Å². The van der Waals surface area contributed by atoms with Crippen molar-refractivity contribution in [1.29, 1.82) is 0 Å². The SMILES string of the molecule is CC(c1cccc(Oc2ccccc2)c1)C1(O)CCCCC1N1CCN(CC2CCCCC2)CC1. The van der Waals surface area contributed by atoms with Gasteiger partial charge in [0.05, 0.1) is 5.60 Å². The van der Waals surface area contributed by atoms with E-state index >= 15 is 0 Å². The summed E-state index contributed by atoms with van der Waals surface area (Å²) in [7, 11) is 0. The van der Waals surface area contributed by atoms with E-state index in [0.29, 0.717) is 0 Å². The van der Waals surface area contributed by atoms with E-state index in [1.807, 2.05) is 36.4 Å². The van der Waals surface area contributed by atoms with E-state index in [1.165, 1.54) is 50.6 Å². The quantitative estimate of drug-likeness (QED) is 0.498. The molecule has 4 heteroatoms. The van der Waals surface area contributed by atoms with Crippen LogP contribution < -0.4 is 4.74 Å². The molecule has 5 rings (SSSR count). The van der Waals surface area contributed by atoms with Crippen LogP contribution in [0.15, 0.2) is 54.6 Å². The van der Waals surface area contributed by atoms with Crippen molar-refractivity contribution in [2.75, 3.05) is 32.7 Å². The Bertz CT molecular complexity index is 921. The van der Waals surface area contributed by atoms with Crippen molar-refractivity contribution >= 4 is 0 Å². The molecule has 1 N–H and O–H groups in total. The second kappa shape index (κ2) is 11.5. The van der Waals surface area contributed by atoms with Crippen molar-refractivity contribution in [3.8, 4) is 11.5 Å². The Morgan fingerprint density at radius 1 is 0.857 bits per heavy atom. The van der Waals surface area contributed by atoms with Crippen LogP contribution in [-0.2, 0) is 0 Å². The van der Waals surface area contributed by atoms with Crippen molar-refractivity contribution < 1.29 is 9.84 Å². The zero-order valence-corrected chi connectivity index (χ0v) is 21.6. The smallest absolute Gasteiger partial charge is 0.127 e. The molecule has 0 radical (unpaired) electrons. The van der Waals surface area contributed by atoms with Crippen LogP contribution in [0.1, 0.15) is 76.2 Å². The third-order valence-corrected chi connectivity index (χ3v) is 9.06. The molecule has 190 valence electrons. The minimum absolute atomic E-state index is 0.0624. The number of para-hydroxylation sites is 1. The Balaban J connectivity index is 1.25. The maximum Gasteiger partial charge on any atom is 0.127 e. The molecule has 0 amide bonds. The Morgan fingerprint density at radius 3 is 2.34 bits per heavy atom. The number of hydrogen-bond donors (Lipinski definition) is 1. The largest absolute Gasteiger partial charge is 0.457 e. The number of piperazine rings is 1. The molecule has 1 saturated heterocycles. The van der Waals surface area contributed by atoms with Crippen LogP contribution in [0.5, 0.6) is 11.5 Å². The van der Waals surface area contributed by atoms with Crippen molar-refractivity contribution in [3.05, 3.63) is 60.2 Å². The second-order valence-electron chi connectivity index (χ2n) is 11.3. The van der Waals surface area contributed by atoms with E-state index in [9.17, 15) is 5.11 Å². The van der Waals surface area contributed by atoms with Crippen LogP contribution in [0.2, 0.25) is 0 Å². The molecule has 2 aliphatic carbocycles. The Kier molecular flexibility index (Phi) is 8.11. The van der Waals surface area contributed by atoms with Gasteiger partial charge in [0.1, 0.15) is 11.5 Å². The number of benzene rings is 2. The molecule has 35 heavy (non-hydrogen) atoms. The molecule has 3 atom stereocenters. The Morgan fingerprint density at radius 2 is 1.57 bits per heavy atom. The molecule has 1 aliphatic heterocycles. The second-order valence-corrected chi connectivity index (χ2v) is 11.3. The summed E-state index contributed by atoms with van der Waals surface area (Å²) in [4.78, 5) is 5.32. The first-order valence-corrected chi connectivity index (χ1v) is 14.1. The predicted octanol–water partition coefficient (Wildman–Crippen LogP) is 6.45. The van der Waals surface area contributed by atoms with Crippen LogP contribution in [0, 0.1) is 5.92 Å². The van der Waals surface area contributed by atoms with Gasteiger partial charge in [0.25, 0.3) is 0 Å². The summed E-state index contributed by atoms with van der Waals surface area (Å²) in [6.45, 7) is 7.98. The van der Waals surface area contributed by atoms with Crippen molar-refractivity contribution in [2.24, 2.45) is 5.92 Å². The van der Waals surface area contributed by atoms with Gasteiger partial charge in [-0.3, -0.25) is 4.90 Å². The molecule has 0 spiro atoms. The minimum atomic E-state index is -0.699. The lowest BCUT2D eigenvalue weighted by atomic mass is 9.69. The average Bonchev–Trinajstić information content (AvgIpc) is 2.90. The van der Waals surface area contributed by atoms with Gasteiger partial charge in [0.2, 0.25) is 0 Å². The summed E-state index contributed by atoms with van der Waals surface area (Å²) in [6, 6.07) is 18.5.